The van der Waals surface area contributed by atoms with E-state index in [1.165, 1.54) is 11.1 Å². The van der Waals surface area contributed by atoms with E-state index in [9.17, 15) is 9.59 Å². The minimum absolute atomic E-state index is 0.0198. The number of amides is 2. The van der Waals surface area contributed by atoms with Gasteiger partial charge in [0.25, 0.3) is 11.8 Å². The van der Waals surface area contributed by atoms with E-state index in [4.69, 9.17) is 4.74 Å². The van der Waals surface area contributed by atoms with Crippen molar-refractivity contribution >= 4 is 17.5 Å². The highest BCUT2D eigenvalue weighted by Gasteiger charge is 2.24. The Hall–Kier alpha value is -2.82. The largest absolute Gasteiger partial charge is 0.482 e. The Kier molecular flexibility index (Phi) is 3.26. The van der Waals surface area contributed by atoms with Crippen molar-refractivity contribution in [1.82, 2.24) is 5.32 Å². The molecule has 0 fully saturated rings. The van der Waals surface area contributed by atoms with Gasteiger partial charge in [0.05, 0.1) is 11.7 Å². The van der Waals surface area contributed by atoms with Crippen LogP contribution >= 0.6 is 0 Å². The van der Waals surface area contributed by atoms with Gasteiger partial charge in [0.1, 0.15) is 5.75 Å². The van der Waals surface area contributed by atoms with Crippen molar-refractivity contribution in [3.8, 4) is 5.75 Å². The van der Waals surface area contributed by atoms with Crippen LogP contribution in [0.3, 0.4) is 0 Å². The summed E-state index contributed by atoms with van der Waals surface area (Å²) in [4.78, 5) is 23.8. The van der Waals surface area contributed by atoms with Gasteiger partial charge in [-0.05, 0) is 42.2 Å². The van der Waals surface area contributed by atoms with Crippen LogP contribution in [0.25, 0.3) is 0 Å². The van der Waals surface area contributed by atoms with Crippen LogP contribution in [-0.2, 0) is 11.2 Å². The van der Waals surface area contributed by atoms with Crippen molar-refractivity contribution in [2.45, 2.75) is 18.9 Å². The fraction of sp³-hybridized carbons (Fsp3) is 0.222. The van der Waals surface area contributed by atoms with Crippen LogP contribution in [-0.4, -0.2) is 18.4 Å². The standard InChI is InChI=1S/C18H16N2O3/c21-17-10-23-16-9-12(6-8-15(16)19-17)18(22)20-14-7-5-11-3-1-2-4-13(11)14/h1-4,6,8-9,14H,5,7,10H2,(H,19,21)(H,20,22). The zero-order chi connectivity index (χ0) is 15.8. The number of carbonyl (C=O) groups excluding carboxylic acids is 2. The first kappa shape index (κ1) is 13.8. The van der Waals surface area contributed by atoms with Gasteiger partial charge in [-0.2, -0.15) is 0 Å². The lowest BCUT2D eigenvalue weighted by Crippen LogP contribution is -2.28. The second kappa shape index (κ2) is 5.43. The number of ether oxygens (including phenoxy) is 1. The van der Waals surface area contributed by atoms with E-state index in [0.717, 1.165) is 12.8 Å². The highest BCUT2D eigenvalue weighted by Crippen LogP contribution is 2.32. The summed E-state index contributed by atoms with van der Waals surface area (Å²) in [6, 6.07) is 13.3. The molecule has 5 heteroatoms. The van der Waals surface area contributed by atoms with Crippen LogP contribution in [0.2, 0.25) is 0 Å². The third kappa shape index (κ3) is 2.54. The number of fused-ring (bicyclic) bond motifs is 2. The minimum Gasteiger partial charge on any atom is -0.482 e. The van der Waals surface area contributed by atoms with Crippen LogP contribution in [0.15, 0.2) is 42.5 Å². The first-order valence-corrected chi connectivity index (χ1v) is 7.66. The average Bonchev–Trinajstić information content (AvgIpc) is 2.97. The number of anilines is 1. The van der Waals surface area contributed by atoms with Gasteiger partial charge in [-0.15, -0.1) is 0 Å². The molecule has 2 aromatic rings. The predicted molar refractivity (Wildman–Crippen MR) is 85.5 cm³/mol. The van der Waals surface area contributed by atoms with Crippen LogP contribution in [0.1, 0.15) is 33.9 Å². The zero-order valence-corrected chi connectivity index (χ0v) is 12.5. The first-order chi connectivity index (χ1) is 11.2. The fourth-order valence-electron chi connectivity index (χ4n) is 3.16. The molecule has 116 valence electrons. The Labute approximate surface area is 133 Å². The number of hydrogen-bond donors (Lipinski definition) is 2. The van der Waals surface area contributed by atoms with E-state index in [-0.39, 0.29) is 24.5 Å². The molecule has 5 nitrogen and oxygen atoms in total. The summed E-state index contributed by atoms with van der Waals surface area (Å²) in [7, 11) is 0. The van der Waals surface area contributed by atoms with Gasteiger partial charge in [-0.25, -0.2) is 0 Å². The molecule has 2 amide bonds. The van der Waals surface area contributed by atoms with Crippen molar-refractivity contribution in [3.63, 3.8) is 0 Å². The van der Waals surface area contributed by atoms with Crippen molar-refractivity contribution < 1.29 is 14.3 Å². The molecule has 0 saturated carbocycles. The summed E-state index contributed by atoms with van der Waals surface area (Å²) in [5.74, 6) is 0.219. The molecule has 2 aromatic carbocycles. The SMILES string of the molecule is O=C1COc2cc(C(=O)NC3CCc4ccccc43)ccc2N1. The maximum Gasteiger partial charge on any atom is 0.262 e. The van der Waals surface area contributed by atoms with Gasteiger partial charge in [0, 0.05) is 5.56 Å². The Morgan fingerprint density at radius 3 is 3.00 bits per heavy atom. The molecule has 1 atom stereocenters. The molecule has 1 heterocycles. The Balaban J connectivity index is 1.53. The first-order valence-electron chi connectivity index (χ1n) is 7.66. The summed E-state index contributed by atoms with van der Waals surface area (Å²) in [5, 5.41) is 5.80. The lowest BCUT2D eigenvalue weighted by atomic mass is 10.1. The second-order valence-electron chi connectivity index (χ2n) is 5.81. The lowest BCUT2D eigenvalue weighted by Gasteiger charge is -2.19. The summed E-state index contributed by atoms with van der Waals surface area (Å²) in [5.41, 5.74) is 3.63. The fourth-order valence-corrected chi connectivity index (χ4v) is 3.16. The maximum atomic E-state index is 12.5. The number of carbonyl (C=O) groups is 2. The molecule has 1 unspecified atom stereocenters. The molecular weight excluding hydrogens is 292 g/mol. The van der Waals surface area contributed by atoms with E-state index in [0.29, 0.717) is 17.0 Å². The van der Waals surface area contributed by atoms with E-state index in [2.05, 4.69) is 22.8 Å². The molecule has 0 spiro atoms. The van der Waals surface area contributed by atoms with Crippen LogP contribution < -0.4 is 15.4 Å². The third-order valence-corrected chi connectivity index (χ3v) is 4.31. The Morgan fingerprint density at radius 1 is 1.22 bits per heavy atom. The maximum absolute atomic E-state index is 12.5. The molecular formula is C18H16N2O3. The van der Waals surface area contributed by atoms with E-state index in [1.807, 2.05) is 12.1 Å². The molecule has 1 aliphatic heterocycles. The highest BCUT2D eigenvalue weighted by atomic mass is 16.5. The van der Waals surface area contributed by atoms with E-state index in [1.54, 1.807) is 18.2 Å². The molecule has 23 heavy (non-hydrogen) atoms. The number of aryl methyl sites for hydroxylation is 1. The van der Waals surface area contributed by atoms with Gasteiger partial charge in [0.15, 0.2) is 6.61 Å². The van der Waals surface area contributed by atoms with Gasteiger partial charge in [-0.3, -0.25) is 9.59 Å². The molecule has 2 N–H and O–H groups in total. The van der Waals surface area contributed by atoms with Crippen molar-refractivity contribution in [2.24, 2.45) is 0 Å². The lowest BCUT2D eigenvalue weighted by molar-refractivity contribution is -0.118. The molecule has 0 bridgehead atoms. The number of hydrogen-bond acceptors (Lipinski definition) is 3. The van der Waals surface area contributed by atoms with Gasteiger partial charge < -0.3 is 15.4 Å². The quantitative estimate of drug-likeness (QED) is 0.895. The monoisotopic (exact) mass is 308 g/mol. The second-order valence-corrected chi connectivity index (χ2v) is 5.81. The van der Waals surface area contributed by atoms with Gasteiger partial charge >= 0.3 is 0 Å². The van der Waals surface area contributed by atoms with Crippen molar-refractivity contribution in [3.05, 3.63) is 59.2 Å². The average molecular weight is 308 g/mol. The topological polar surface area (TPSA) is 67.4 Å². The van der Waals surface area contributed by atoms with Gasteiger partial charge in [-0.1, -0.05) is 24.3 Å². The Morgan fingerprint density at radius 2 is 2.09 bits per heavy atom. The molecule has 1 aliphatic carbocycles. The molecule has 0 aromatic heterocycles. The summed E-state index contributed by atoms with van der Waals surface area (Å²) >= 11 is 0. The number of rotatable bonds is 2. The highest BCUT2D eigenvalue weighted by molar-refractivity contribution is 5.99. The van der Waals surface area contributed by atoms with E-state index >= 15 is 0 Å². The summed E-state index contributed by atoms with van der Waals surface area (Å²) < 4.78 is 5.36. The van der Waals surface area contributed by atoms with Crippen LogP contribution in [0, 0.1) is 0 Å². The van der Waals surface area contributed by atoms with Crippen molar-refractivity contribution in [2.75, 3.05) is 11.9 Å². The zero-order valence-electron chi connectivity index (χ0n) is 12.5. The molecule has 4 rings (SSSR count). The van der Waals surface area contributed by atoms with Crippen LogP contribution in [0.5, 0.6) is 5.75 Å². The summed E-state index contributed by atoms with van der Waals surface area (Å²) in [6.45, 7) is -0.0198. The molecule has 0 radical (unpaired) electrons. The third-order valence-electron chi connectivity index (χ3n) is 4.31. The normalized spacial score (nSPS) is 18.4. The van der Waals surface area contributed by atoms with Crippen LogP contribution in [0.4, 0.5) is 5.69 Å². The van der Waals surface area contributed by atoms with E-state index < -0.39 is 0 Å². The van der Waals surface area contributed by atoms with Gasteiger partial charge in [0.2, 0.25) is 0 Å². The molecule has 2 aliphatic rings. The summed E-state index contributed by atoms with van der Waals surface area (Å²) in [6.07, 6.45) is 1.91. The molecule has 0 saturated heterocycles. The number of benzene rings is 2. The Bertz CT molecular complexity index is 801. The van der Waals surface area contributed by atoms with Crippen molar-refractivity contribution in [1.29, 1.82) is 0 Å². The minimum atomic E-state index is -0.183. The smallest absolute Gasteiger partial charge is 0.262 e. The number of nitrogens with one attached hydrogen (secondary N) is 2. The predicted octanol–water partition coefficient (Wildman–Crippen LogP) is 2.43.